The number of likely N-dealkylation sites (tertiary alicyclic amines) is 1. The van der Waals surface area contributed by atoms with Crippen LogP contribution in [0.15, 0.2) is 30.3 Å². The molecule has 0 saturated carbocycles. The van der Waals surface area contributed by atoms with Crippen molar-refractivity contribution >= 4 is 6.09 Å². The average molecular weight is 248 g/mol. The fraction of sp³-hybridized carbons (Fsp3) is 0.500. The van der Waals surface area contributed by atoms with Crippen LogP contribution in [0.3, 0.4) is 0 Å². The molecule has 0 radical (unpaired) electrons. The standard InChI is InChI=1S/C14H20N2O2/c1-11-13(15)8-5-9-16(11)14(17)18-10-12-6-3-2-4-7-12/h2-4,6-7,11,13H,5,8-10,15H2,1H3/t11-,13-/m1/s1. The van der Waals surface area contributed by atoms with Gasteiger partial charge in [-0.3, -0.25) is 0 Å². The minimum Gasteiger partial charge on any atom is -0.445 e. The first kappa shape index (κ1) is 12.9. The second-order valence-electron chi connectivity index (χ2n) is 4.78. The molecule has 4 nitrogen and oxygen atoms in total. The normalized spacial score (nSPS) is 23.8. The van der Waals surface area contributed by atoms with E-state index in [4.69, 9.17) is 10.5 Å². The maximum atomic E-state index is 12.0. The molecule has 1 aromatic rings. The summed E-state index contributed by atoms with van der Waals surface area (Å²) in [4.78, 5) is 13.7. The van der Waals surface area contributed by atoms with E-state index in [0.29, 0.717) is 6.61 Å². The first-order valence-corrected chi connectivity index (χ1v) is 6.41. The quantitative estimate of drug-likeness (QED) is 0.872. The number of nitrogens with two attached hydrogens (primary N) is 1. The summed E-state index contributed by atoms with van der Waals surface area (Å²) in [6.07, 6.45) is 1.66. The van der Waals surface area contributed by atoms with E-state index >= 15 is 0 Å². The highest BCUT2D eigenvalue weighted by Gasteiger charge is 2.29. The lowest BCUT2D eigenvalue weighted by molar-refractivity contribution is 0.0666. The molecule has 0 spiro atoms. The molecule has 0 unspecified atom stereocenters. The van der Waals surface area contributed by atoms with Gasteiger partial charge in [0.25, 0.3) is 0 Å². The van der Waals surface area contributed by atoms with E-state index in [1.54, 1.807) is 4.90 Å². The molecule has 2 rings (SSSR count). The molecular weight excluding hydrogens is 228 g/mol. The number of rotatable bonds is 2. The fourth-order valence-electron chi connectivity index (χ4n) is 2.23. The second kappa shape index (κ2) is 5.87. The van der Waals surface area contributed by atoms with E-state index in [1.807, 2.05) is 37.3 Å². The van der Waals surface area contributed by atoms with E-state index in [1.165, 1.54) is 0 Å². The topological polar surface area (TPSA) is 55.6 Å². The average Bonchev–Trinajstić information content (AvgIpc) is 2.40. The molecular formula is C14H20N2O2. The first-order valence-electron chi connectivity index (χ1n) is 6.41. The Bertz CT molecular complexity index is 394. The third-order valence-corrected chi connectivity index (χ3v) is 3.49. The minimum absolute atomic E-state index is 0.0574. The van der Waals surface area contributed by atoms with Crippen molar-refractivity contribution in [2.75, 3.05) is 6.54 Å². The third kappa shape index (κ3) is 3.01. The predicted octanol–water partition coefficient (Wildman–Crippen LogP) is 2.13. The molecule has 0 aliphatic carbocycles. The number of piperidine rings is 1. The van der Waals surface area contributed by atoms with E-state index in [9.17, 15) is 4.79 Å². The van der Waals surface area contributed by atoms with Crippen LogP contribution < -0.4 is 5.73 Å². The maximum Gasteiger partial charge on any atom is 0.410 e. The van der Waals surface area contributed by atoms with Crippen molar-refractivity contribution in [3.05, 3.63) is 35.9 Å². The van der Waals surface area contributed by atoms with Gasteiger partial charge < -0.3 is 15.4 Å². The molecule has 18 heavy (non-hydrogen) atoms. The highest BCUT2D eigenvalue weighted by Crippen LogP contribution is 2.17. The van der Waals surface area contributed by atoms with Gasteiger partial charge in [0.2, 0.25) is 0 Å². The van der Waals surface area contributed by atoms with Crippen molar-refractivity contribution in [3.63, 3.8) is 0 Å². The van der Waals surface area contributed by atoms with Gasteiger partial charge in [-0.25, -0.2) is 4.79 Å². The SMILES string of the molecule is C[C@@H]1[C@H](N)CCCN1C(=O)OCc1ccccc1. The molecule has 1 aliphatic rings. The Labute approximate surface area is 108 Å². The van der Waals surface area contributed by atoms with Crippen LogP contribution in [0.4, 0.5) is 4.79 Å². The molecule has 1 fully saturated rings. The van der Waals surface area contributed by atoms with Gasteiger partial charge in [0.05, 0.1) is 0 Å². The van der Waals surface area contributed by atoms with Gasteiger partial charge in [-0.2, -0.15) is 0 Å². The van der Waals surface area contributed by atoms with Gasteiger partial charge >= 0.3 is 6.09 Å². The third-order valence-electron chi connectivity index (χ3n) is 3.49. The predicted molar refractivity (Wildman–Crippen MR) is 70.0 cm³/mol. The Balaban J connectivity index is 1.88. The Morgan fingerprint density at radius 1 is 1.44 bits per heavy atom. The number of amides is 1. The molecule has 0 bridgehead atoms. The highest BCUT2D eigenvalue weighted by atomic mass is 16.6. The summed E-state index contributed by atoms with van der Waals surface area (Å²) in [5.41, 5.74) is 6.96. The molecule has 98 valence electrons. The van der Waals surface area contributed by atoms with Crippen molar-refractivity contribution in [3.8, 4) is 0 Å². The van der Waals surface area contributed by atoms with E-state index < -0.39 is 0 Å². The maximum absolute atomic E-state index is 12.0. The lowest BCUT2D eigenvalue weighted by Gasteiger charge is -2.36. The van der Waals surface area contributed by atoms with Crippen LogP contribution in [-0.2, 0) is 11.3 Å². The minimum atomic E-state index is -0.262. The Morgan fingerprint density at radius 2 is 2.17 bits per heavy atom. The smallest absolute Gasteiger partial charge is 0.410 e. The van der Waals surface area contributed by atoms with Crippen LogP contribution in [0.2, 0.25) is 0 Å². The molecule has 1 amide bonds. The summed E-state index contributed by atoms with van der Waals surface area (Å²) in [6, 6.07) is 9.81. The number of carbonyl (C=O) groups excluding carboxylic acids is 1. The lowest BCUT2D eigenvalue weighted by atomic mass is 9.99. The van der Waals surface area contributed by atoms with Crippen molar-refractivity contribution in [2.24, 2.45) is 5.73 Å². The van der Waals surface area contributed by atoms with Crippen molar-refractivity contribution in [1.29, 1.82) is 0 Å². The van der Waals surface area contributed by atoms with Crippen LogP contribution in [0.5, 0.6) is 0 Å². The number of nitrogens with zero attached hydrogens (tertiary/aromatic N) is 1. The van der Waals surface area contributed by atoms with E-state index in [0.717, 1.165) is 24.9 Å². The van der Waals surface area contributed by atoms with Crippen molar-refractivity contribution in [1.82, 2.24) is 4.90 Å². The molecule has 4 heteroatoms. The second-order valence-corrected chi connectivity index (χ2v) is 4.78. The van der Waals surface area contributed by atoms with Crippen LogP contribution in [0.25, 0.3) is 0 Å². The van der Waals surface area contributed by atoms with E-state index in [-0.39, 0.29) is 18.2 Å². The van der Waals surface area contributed by atoms with Gasteiger partial charge in [-0.05, 0) is 25.3 Å². The Morgan fingerprint density at radius 3 is 2.89 bits per heavy atom. The molecule has 1 saturated heterocycles. The molecule has 2 N–H and O–H groups in total. The van der Waals surface area contributed by atoms with Gasteiger partial charge in [-0.15, -0.1) is 0 Å². The fourth-order valence-corrected chi connectivity index (χ4v) is 2.23. The van der Waals surface area contributed by atoms with Crippen molar-refractivity contribution in [2.45, 2.75) is 38.5 Å². The van der Waals surface area contributed by atoms with Crippen LogP contribution in [0, 0.1) is 0 Å². The van der Waals surface area contributed by atoms with Gasteiger partial charge in [0.15, 0.2) is 0 Å². The molecule has 1 aliphatic heterocycles. The summed E-state index contributed by atoms with van der Waals surface area (Å²) in [5, 5.41) is 0. The monoisotopic (exact) mass is 248 g/mol. The number of carbonyl (C=O) groups is 1. The van der Waals surface area contributed by atoms with Gasteiger partial charge in [0.1, 0.15) is 6.61 Å². The molecule has 2 atom stereocenters. The Hall–Kier alpha value is -1.55. The summed E-state index contributed by atoms with van der Waals surface area (Å²) in [5.74, 6) is 0. The molecule has 1 aromatic carbocycles. The van der Waals surface area contributed by atoms with Crippen LogP contribution in [-0.4, -0.2) is 29.6 Å². The number of ether oxygens (including phenoxy) is 1. The highest BCUT2D eigenvalue weighted by molar-refractivity contribution is 5.68. The lowest BCUT2D eigenvalue weighted by Crippen LogP contribution is -2.52. The zero-order valence-corrected chi connectivity index (χ0v) is 10.7. The van der Waals surface area contributed by atoms with E-state index in [2.05, 4.69) is 0 Å². The van der Waals surface area contributed by atoms with Gasteiger partial charge in [0, 0.05) is 18.6 Å². The van der Waals surface area contributed by atoms with Crippen molar-refractivity contribution < 1.29 is 9.53 Å². The Kier molecular flexibility index (Phi) is 4.20. The molecule has 0 aromatic heterocycles. The summed E-state index contributed by atoms with van der Waals surface area (Å²) in [7, 11) is 0. The number of benzene rings is 1. The summed E-state index contributed by atoms with van der Waals surface area (Å²) >= 11 is 0. The molecule has 1 heterocycles. The zero-order chi connectivity index (χ0) is 13.0. The number of hydrogen-bond acceptors (Lipinski definition) is 3. The summed E-state index contributed by atoms with van der Waals surface area (Å²) < 4.78 is 5.32. The van der Waals surface area contributed by atoms with Gasteiger partial charge in [-0.1, -0.05) is 30.3 Å². The largest absolute Gasteiger partial charge is 0.445 e. The number of hydrogen-bond donors (Lipinski definition) is 1. The first-order chi connectivity index (χ1) is 8.68. The summed E-state index contributed by atoms with van der Waals surface area (Å²) in [6.45, 7) is 3.04. The van der Waals surface area contributed by atoms with Crippen LogP contribution in [0.1, 0.15) is 25.3 Å². The zero-order valence-electron chi connectivity index (χ0n) is 10.7. The van der Waals surface area contributed by atoms with Crippen LogP contribution >= 0.6 is 0 Å².